The van der Waals surface area contributed by atoms with Crippen molar-refractivity contribution in [3.63, 3.8) is 0 Å². The minimum atomic E-state index is -0.609. The van der Waals surface area contributed by atoms with Crippen molar-refractivity contribution in [2.24, 2.45) is 0 Å². The molecule has 0 radical (unpaired) electrons. The second-order valence-electron chi connectivity index (χ2n) is 2.52. The molecule has 0 spiro atoms. The van der Waals surface area contributed by atoms with Crippen LogP contribution in [0.3, 0.4) is 0 Å². The molecule has 0 aliphatic rings. The molecule has 0 fully saturated rings. The maximum atomic E-state index is 10.5. The summed E-state index contributed by atoms with van der Waals surface area (Å²) >= 11 is 0. The van der Waals surface area contributed by atoms with Gasteiger partial charge in [0.2, 0.25) is 0 Å². The van der Waals surface area contributed by atoms with Crippen LogP contribution in [0.2, 0.25) is 0 Å². The number of ether oxygens (including phenoxy) is 2. The van der Waals surface area contributed by atoms with Crippen LogP contribution in [0.25, 0.3) is 0 Å². The van der Waals surface area contributed by atoms with E-state index in [0.29, 0.717) is 6.61 Å². The number of esters is 1. The standard InChI is InChI=1S/C8H16O4/c1-3-4-11-7(2)6-12-8(10)5-9/h7,9H,3-6H2,1-2H3. The van der Waals surface area contributed by atoms with Crippen molar-refractivity contribution in [1.82, 2.24) is 0 Å². The van der Waals surface area contributed by atoms with Crippen molar-refractivity contribution in [3.05, 3.63) is 0 Å². The van der Waals surface area contributed by atoms with Gasteiger partial charge in [-0.05, 0) is 13.3 Å². The van der Waals surface area contributed by atoms with Crippen molar-refractivity contribution >= 4 is 5.97 Å². The first-order chi connectivity index (χ1) is 5.70. The second kappa shape index (κ2) is 7.06. The number of hydrogen-bond acceptors (Lipinski definition) is 4. The summed E-state index contributed by atoms with van der Waals surface area (Å²) in [5.74, 6) is -0.609. The van der Waals surface area contributed by atoms with E-state index >= 15 is 0 Å². The molecule has 1 atom stereocenters. The molecule has 0 saturated carbocycles. The van der Waals surface area contributed by atoms with Gasteiger partial charge in [0.05, 0.1) is 6.10 Å². The first-order valence-corrected chi connectivity index (χ1v) is 4.08. The van der Waals surface area contributed by atoms with E-state index in [1.807, 2.05) is 13.8 Å². The van der Waals surface area contributed by atoms with Gasteiger partial charge >= 0.3 is 5.97 Å². The summed E-state index contributed by atoms with van der Waals surface area (Å²) in [6, 6.07) is 0. The van der Waals surface area contributed by atoms with Gasteiger partial charge in [-0.3, -0.25) is 0 Å². The maximum Gasteiger partial charge on any atom is 0.331 e. The quantitative estimate of drug-likeness (QED) is 0.593. The molecule has 0 aliphatic heterocycles. The molecule has 4 nitrogen and oxygen atoms in total. The Morgan fingerprint density at radius 3 is 2.75 bits per heavy atom. The molecule has 0 bridgehead atoms. The van der Waals surface area contributed by atoms with Gasteiger partial charge in [-0.15, -0.1) is 0 Å². The Labute approximate surface area is 72.5 Å². The van der Waals surface area contributed by atoms with E-state index in [1.165, 1.54) is 0 Å². The highest BCUT2D eigenvalue weighted by atomic mass is 16.6. The van der Waals surface area contributed by atoms with Crippen LogP contribution in [0.1, 0.15) is 20.3 Å². The first kappa shape index (κ1) is 11.4. The van der Waals surface area contributed by atoms with E-state index in [4.69, 9.17) is 9.84 Å². The molecule has 72 valence electrons. The van der Waals surface area contributed by atoms with Gasteiger partial charge < -0.3 is 14.6 Å². The summed E-state index contributed by atoms with van der Waals surface area (Å²) < 4.78 is 9.86. The summed E-state index contributed by atoms with van der Waals surface area (Å²) in [6.07, 6.45) is 0.846. The van der Waals surface area contributed by atoms with Gasteiger partial charge in [0.1, 0.15) is 13.2 Å². The van der Waals surface area contributed by atoms with E-state index in [2.05, 4.69) is 4.74 Å². The lowest BCUT2D eigenvalue weighted by atomic mass is 10.4. The smallest absolute Gasteiger partial charge is 0.331 e. The molecule has 0 aromatic heterocycles. The van der Waals surface area contributed by atoms with Crippen LogP contribution >= 0.6 is 0 Å². The lowest BCUT2D eigenvalue weighted by Crippen LogP contribution is -2.20. The van der Waals surface area contributed by atoms with Crippen molar-refractivity contribution in [3.8, 4) is 0 Å². The Kier molecular flexibility index (Phi) is 6.70. The number of rotatable bonds is 6. The third kappa shape index (κ3) is 6.12. The average molecular weight is 176 g/mol. The van der Waals surface area contributed by atoms with Crippen LogP contribution in [0, 0.1) is 0 Å². The van der Waals surface area contributed by atoms with Crippen molar-refractivity contribution in [2.75, 3.05) is 19.8 Å². The number of aliphatic hydroxyl groups excluding tert-OH is 1. The molecule has 0 amide bonds. The molecule has 0 aromatic carbocycles. The number of aliphatic hydroxyl groups is 1. The SMILES string of the molecule is CCCOC(C)COC(=O)CO. The fourth-order valence-corrected chi connectivity index (χ4v) is 0.623. The Balaban J connectivity index is 3.30. The number of carbonyl (C=O) groups is 1. The lowest BCUT2D eigenvalue weighted by Gasteiger charge is -2.11. The van der Waals surface area contributed by atoms with Gasteiger partial charge in [-0.2, -0.15) is 0 Å². The van der Waals surface area contributed by atoms with Gasteiger partial charge in [0.15, 0.2) is 0 Å². The molecule has 12 heavy (non-hydrogen) atoms. The molecule has 1 N–H and O–H groups in total. The van der Waals surface area contributed by atoms with Crippen LogP contribution in [0.5, 0.6) is 0 Å². The molecule has 0 saturated heterocycles. The van der Waals surface area contributed by atoms with Crippen LogP contribution in [-0.2, 0) is 14.3 Å². The van der Waals surface area contributed by atoms with Crippen LogP contribution < -0.4 is 0 Å². The number of hydrogen-bond donors (Lipinski definition) is 1. The minimum absolute atomic E-state index is 0.0968. The highest BCUT2D eigenvalue weighted by Gasteiger charge is 2.05. The van der Waals surface area contributed by atoms with E-state index in [-0.39, 0.29) is 12.7 Å². The minimum Gasteiger partial charge on any atom is -0.461 e. The fraction of sp³-hybridized carbons (Fsp3) is 0.875. The molecule has 0 heterocycles. The van der Waals surface area contributed by atoms with Crippen LogP contribution in [0.4, 0.5) is 0 Å². The zero-order chi connectivity index (χ0) is 9.40. The monoisotopic (exact) mass is 176 g/mol. The Morgan fingerprint density at radius 2 is 2.25 bits per heavy atom. The Hall–Kier alpha value is -0.610. The zero-order valence-electron chi connectivity index (χ0n) is 7.58. The summed E-state index contributed by atoms with van der Waals surface area (Å²) in [5, 5.41) is 8.31. The predicted octanol–water partition coefficient (Wildman–Crippen LogP) is 0.337. The second-order valence-corrected chi connectivity index (χ2v) is 2.52. The van der Waals surface area contributed by atoms with E-state index < -0.39 is 12.6 Å². The van der Waals surface area contributed by atoms with E-state index in [9.17, 15) is 4.79 Å². The van der Waals surface area contributed by atoms with E-state index in [1.54, 1.807) is 0 Å². The van der Waals surface area contributed by atoms with Gasteiger partial charge in [0, 0.05) is 6.61 Å². The zero-order valence-corrected chi connectivity index (χ0v) is 7.58. The molecular weight excluding hydrogens is 160 g/mol. The highest BCUT2D eigenvalue weighted by Crippen LogP contribution is 1.93. The van der Waals surface area contributed by atoms with Gasteiger partial charge in [-0.1, -0.05) is 6.92 Å². The highest BCUT2D eigenvalue weighted by molar-refractivity contribution is 5.70. The first-order valence-electron chi connectivity index (χ1n) is 4.08. The number of carbonyl (C=O) groups excluding carboxylic acids is 1. The van der Waals surface area contributed by atoms with Crippen molar-refractivity contribution < 1.29 is 19.4 Å². The third-order valence-electron chi connectivity index (χ3n) is 1.21. The molecular formula is C8H16O4. The molecule has 0 aromatic rings. The molecule has 0 aliphatic carbocycles. The molecule has 0 rings (SSSR count). The largest absolute Gasteiger partial charge is 0.461 e. The summed E-state index contributed by atoms with van der Waals surface area (Å²) in [5.41, 5.74) is 0. The van der Waals surface area contributed by atoms with Crippen LogP contribution in [0.15, 0.2) is 0 Å². The maximum absolute atomic E-state index is 10.5. The van der Waals surface area contributed by atoms with Crippen molar-refractivity contribution in [1.29, 1.82) is 0 Å². The average Bonchev–Trinajstić information content (AvgIpc) is 2.10. The molecule has 4 heteroatoms. The van der Waals surface area contributed by atoms with E-state index in [0.717, 1.165) is 6.42 Å². The van der Waals surface area contributed by atoms with Crippen molar-refractivity contribution in [2.45, 2.75) is 26.4 Å². The summed E-state index contributed by atoms with van der Waals surface area (Å²) in [7, 11) is 0. The summed E-state index contributed by atoms with van der Waals surface area (Å²) in [6.45, 7) is 4.13. The van der Waals surface area contributed by atoms with Gasteiger partial charge in [-0.25, -0.2) is 4.79 Å². The summed E-state index contributed by atoms with van der Waals surface area (Å²) in [4.78, 5) is 10.5. The third-order valence-corrected chi connectivity index (χ3v) is 1.21. The Bertz CT molecular complexity index is 124. The molecule has 1 unspecified atom stereocenters. The fourth-order valence-electron chi connectivity index (χ4n) is 0.623. The predicted molar refractivity (Wildman–Crippen MR) is 43.7 cm³/mol. The topological polar surface area (TPSA) is 55.8 Å². The normalized spacial score (nSPS) is 12.6. The van der Waals surface area contributed by atoms with Gasteiger partial charge in [0.25, 0.3) is 0 Å². The lowest BCUT2D eigenvalue weighted by molar-refractivity contribution is -0.150. The Morgan fingerprint density at radius 1 is 1.58 bits per heavy atom. The van der Waals surface area contributed by atoms with Crippen LogP contribution in [-0.4, -0.2) is 37.0 Å².